The van der Waals surface area contributed by atoms with E-state index in [4.69, 9.17) is 4.74 Å². The van der Waals surface area contributed by atoms with Crippen LogP contribution in [-0.2, 0) is 0 Å². The lowest BCUT2D eigenvalue weighted by Gasteiger charge is -2.09. The fourth-order valence-corrected chi connectivity index (χ4v) is 3.07. The maximum atomic E-state index is 12.4. The van der Waals surface area contributed by atoms with Gasteiger partial charge in [0.25, 0.3) is 11.8 Å². The molecular formula is C18H12N2O3S. The molecule has 2 N–H and O–H groups in total. The molecule has 0 spiro atoms. The van der Waals surface area contributed by atoms with Gasteiger partial charge >= 0.3 is 0 Å². The largest absolute Gasteiger partial charge is 0.454 e. The maximum Gasteiger partial charge on any atom is 0.259 e. The average molecular weight is 336 g/mol. The Hall–Kier alpha value is -3.12. The monoisotopic (exact) mass is 336 g/mol. The summed E-state index contributed by atoms with van der Waals surface area (Å²) < 4.78 is 5.81. The molecular weight excluding hydrogens is 324 g/mol. The predicted molar refractivity (Wildman–Crippen MR) is 93.2 cm³/mol. The molecule has 118 valence electrons. The lowest BCUT2D eigenvalue weighted by atomic mass is 10.1. The van der Waals surface area contributed by atoms with E-state index >= 15 is 0 Å². The Bertz CT molecular complexity index is 935. The van der Waals surface area contributed by atoms with Crippen molar-refractivity contribution in [2.24, 2.45) is 0 Å². The van der Waals surface area contributed by atoms with Crippen molar-refractivity contribution in [1.82, 2.24) is 0 Å². The van der Waals surface area contributed by atoms with Gasteiger partial charge in [0.15, 0.2) is 5.75 Å². The smallest absolute Gasteiger partial charge is 0.259 e. The number of hydrogen-bond donors (Lipinski definition) is 2. The summed E-state index contributed by atoms with van der Waals surface area (Å²) in [6.07, 6.45) is 0. The molecule has 0 saturated carbocycles. The second-order valence-corrected chi connectivity index (χ2v) is 6.01. The minimum absolute atomic E-state index is 0.213. The van der Waals surface area contributed by atoms with Crippen molar-refractivity contribution in [2.45, 2.75) is 0 Å². The maximum absolute atomic E-state index is 12.4. The third kappa shape index (κ3) is 2.63. The van der Waals surface area contributed by atoms with Crippen LogP contribution in [0.3, 0.4) is 0 Å². The van der Waals surface area contributed by atoms with Crippen molar-refractivity contribution >= 4 is 34.5 Å². The number of ether oxygens (including phenoxy) is 1. The van der Waals surface area contributed by atoms with Crippen molar-refractivity contribution in [1.29, 1.82) is 0 Å². The van der Waals surface area contributed by atoms with Gasteiger partial charge in [0.05, 0.1) is 16.8 Å². The molecule has 6 heteroatoms. The molecule has 4 rings (SSSR count). The fourth-order valence-electron chi connectivity index (χ4n) is 2.44. The van der Waals surface area contributed by atoms with Crippen molar-refractivity contribution in [3.8, 4) is 11.5 Å². The third-order valence-corrected chi connectivity index (χ3v) is 4.30. The van der Waals surface area contributed by atoms with Gasteiger partial charge in [-0.15, -0.1) is 0 Å². The Morgan fingerprint density at radius 1 is 1.08 bits per heavy atom. The van der Waals surface area contributed by atoms with E-state index in [1.54, 1.807) is 41.8 Å². The van der Waals surface area contributed by atoms with Gasteiger partial charge in [-0.05, 0) is 41.8 Å². The first-order valence-electron chi connectivity index (χ1n) is 7.26. The quantitative estimate of drug-likeness (QED) is 0.731. The number of benzene rings is 2. The van der Waals surface area contributed by atoms with Gasteiger partial charge in [-0.25, -0.2) is 0 Å². The van der Waals surface area contributed by atoms with E-state index in [-0.39, 0.29) is 11.8 Å². The first-order chi connectivity index (χ1) is 11.7. The zero-order valence-electron chi connectivity index (χ0n) is 12.4. The molecule has 2 aromatic carbocycles. The molecule has 2 amide bonds. The van der Waals surface area contributed by atoms with Crippen LogP contribution >= 0.6 is 11.3 Å². The number of amides is 2. The number of para-hydroxylation sites is 2. The molecule has 3 aromatic rings. The lowest BCUT2D eigenvalue weighted by molar-refractivity contribution is 0.101. The normalized spacial score (nSPS) is 12.2. The highest BCUT2D eigenvalue weighted by atomic mass is 32.1. The molecule has 0 fully saturated rings. The molecule has 0 aliphatic carbocycles. The van der Waals surface area contributed by atoms with E-state index in [0.29, 0.717) is 34.0 Å². The van der Waals surface area contributed by atoms with Crippen molar-refractivity contribution in [3.05, 3.63) is 70.4 Å². The van der Waals surface area contributed by atoms with Gasteiger partial charge in [0.2, 0.25) is 0 Å². The third-order valence-electron chi connectivity index (χ3n) is 3.62. The minimum Gasteiger partial charge on any atom is -0.454 e. The topological polar surface area (TPSA) is 67.4 Å². The van der Waals surface area contributed by atoms with Crippen molar-refractivity contribution in [2.75, 3.05) is 10.6 Å². The average Bonchev–Trinajstić information content (AvgIpc) is 3.08. The molecule has 1 aliphatic heterocycles. The number of carbonyl (C=O) groups excluding carboxylic acids is 2. The second kappa shape index (κ2) is 5.82. The number of anilines is 2. The van der Waals surface area contributed by atoms with Crippen LogP contribution in [-0.4, -0.2) is 11.8 Å². The molecule has 2 heterocycles. The zero-order valence-corrected chi connectivity index (χ0v) is 13.2. The van der Waals surface area contributed by atoms with Gasteiger partial charge in [-0.3, -0.25) is 9.59 Å². The number of carbonyl (C=O) groups is 2. The van der Waals surface area contributed by atoms with Crippen molar-refractivity contribution in [3.63, 3.8) is 0 Å². The Balaban J connectivity index is 1.65. The summed E-state index contributed by atoms with van der Waals surface area (Å²) in [6, 6.07) is 14.0. The van der Waals surface area contributed by atoms with Crippen LogP contribution < -0.4 is 15.4 Å². The van der Waals surface area contributed by atoms with Crippen LogP contribution in [0, 0.1) is 0 Å². The standard InChI is InChI=1S/C18H12N2O3S/c21-17(11-7-8-24-10-11)19-12-5-6-15-13(9-12)18(22)20-14-3-1-2-4-16(14)23-15/h1-10H,(H,19,21)(H,20,22). The summed E-state index contributed by atoms with van der Waals surface area (Å²) >= 11 is 1.45. The van der Waals surface area contributed by atoms with Crippen LogP contribution in [0.25, 0.3) is 0 Å². The van der Waals surface area contributed by atoms with Gasteiger partial charge in [0.1, 0.15) is 5.75 Å². The van der Waals surface area contributed by atoms with Crippen LogP contribution in [0.2, 0.25) is 0 Å². The van der Waals surface area contributed by atoms with Gasteiger partial charge < -0.3 is 15.4 Å². The highest BCUT2D eigenvalue weighted by molar-refractivity contribution is 7.08. The van der Waals surface area contributed by atoms with E-state index < -0.39 is 0 Å². The van der Waals surface area contributed by atoms with Crippen molar-refractivity contribution < 1.29 is 14.3 Å². The molecule has 0 radical (unpaired) electrons. The molecule has 0 bridgehead atoms. The zero-order chi connectivity index (χ0) is 16.5. The molecule has 24 heavy (non-hydrogen) atoms. The summed E-state index contributed by atoms with van der Waals surface area (Å²) in [5, 5.41) is 9.21. The van der Waals surface area contributed by atoms with Gasteiger partial charge in [-0.1, -0.05) is 12.1 Å². The SMILES string of the molecule is O=C(Nc1ccc2c(c1)C(=O)Nc1ccccc1O2)c1ccsc1. The van der Waals surface area contributed by atoms with Crippen LogP contribution in [0.15, 0.2) is 59.3 Å². The molecule has 0 atom stereocenters. The summed E-state index contributed by atoms with van der Waals surface area (Å²) in [4.78, 5) is 24.6. The molecule has 1 aliphatic rings. The molecule has 0 saturated heterocycles. The van der Waals surface area contributed by atoms with Crippen LogP contribution in [0.4, 0.5) is 11.4 Å². The van der Waals surface area contributed by atoms with Gasteiger partial charge in [0, 0.05) is 11.1 Å². The highest BCUT2D eigenvalue weighted by Crippen LogP contribution is 2.36. The Morgan fingerprint density at radius 3 is 2.79 bits per heavy atom. The van der Waals surface area contributed by atoms with E-state index in [1.165, 1.54) is 11.3 Å². The lowest BCUT2D eigenvalue weighted by Crippen LogP contribution is -2.13. The number of thiophene rings is 1. The molecule has 1 aromatic heterocycles. The van der Waals surface area contributed by atoms with Crippen LogP contribution in [0.1, 0.15) is 20.7 Å². The fraction of sp³-hybridized carbons (Fsp3) is 0. The Kier molecular flexibility index (Phi) is 3.51. The first-order valence-corrected chi connectivity index (χ1v) is 8.21. The second-order valence-electron chi connectivity index (χ2n) is 5.23. The highest BCUT2D eigenvalue weighted by Gasteiger charge is 2.21. The molecule has 5 nitrogen and oxygen atoms in total. The number of rotatable bonds is 2. The van der Waals surface area contributed by atoms with Gasteiger partial charge in [-0.2, -0.15) is 11.3 Å². The van der Waals surface area contributed by atoms with E-state index in [0.717, 1.165) is 0 Å². The minimum atomic E-state index is -0.276. The van der Waals surface area contributed by atoms with E-state index in [1.807, 2.05) is 17.5 Å². The Labute approximate surface area is 141 Å². The summed E-state index contributed by atoms with van der Waals surface area (Å²) in [5.74, 6) is 0.543. The first kappa shape index (κ1) is 14.5. The van der Waals surface area contributed by atoms with Crippen LogP contribution in [0.5, 0.6) is 11.5 Å². The molecule has 0 unspecified atom stereocenters. The summed E-state index contributed by atoms with van der Waals surface area (Å²) in [6.45, 7) is 0. The summed E-state index contributed by atoms with van der Waals surface area (Å²) in [5.41, 5.74) is 2.11. The summed E-state index contributed by atoms with van der Waals surface area (Å²) in [7, 11) is 0. The predicted octanol–water partition coefficient (Wildman–Crippen LogP) is 4.36. The van der Waals surface area contributed by atoms with E-state index in [2.05, 4.69) is 10.6 Å². The number of hydrogen-bond acceptors (Lipinski definition) is 4. The number of fused-ring (bicyclic) bond motifs is 2. The Morgan fingerprint density at radius 2 is 1.96 bits per heavy atom. The van der Waals surface area contributed by atoms with E-state index in [9.17, 15) is 9.59 Å². The number of nitrogens with one attached hydrogen (secondary N) is 2.